The van der Waals surface area contributed by atoms with Crippen molar-refractivity contribution in [2.45, 2.75) is 17.4 Å². The molecule has 1 atom stereocenters. The lowest BCUT2D eigenvalue weighted by Gasteiger charge is -2.18. The van der Waals surface area contributed by atoms with Crippen molar-refractivity contribution in [2.24, 2.45) is 0 Å². The van der Waals surface area contributed by atoms with Gasteiger partial charge in [-0.3, -0.25) is 9.52 Å². The van der Waals surface area contributed by atoms with E-state index in [-0.39, 0.29) is 24.4 Å². The first-order valence-corrected chi connectivity index (χ1v) is 11.2. The fourth-order valence-electron chi connectivity index (χ4n) is 3.01. The van der Waals surface area contributed by atoms with Crippen LogP contribution < -0.4 is 14.4 Å². The molecule has 1 aliphatic rings. The molecule has 0 spiro atoms. The summed E-state index contributed by atoms with van der Waals surface area (Å²) in [7, 11) is -3.81. The number of hydrogen-bond donors (Lipinski definition) is 1. The van der Waals surface area contributed by atoms with Crippen molar-refractivity contribution in [3.63, 3.8) is 0 Å². The summed E-state index contributed by atoms with van der Waals surface area (Å²) in [6.07, 6.45) is 0.681. The van der Waals surface area contributed by atoms with Crippen LogP contribution in [0, 0.1) is 11.6 Å². The van der Waals surface area contributed by atoms with Crippen LogP contribution in [0.5, 0.6) is 5.75 Å². The van der Waals surface area contributed by atoms with Crippen molar-refractivity contribution in [1.29, 1.82) is 0 Å². The molecule has 1 aliphatic heterocycles. The minimum atomic E-state index is -3.81. The number of aromatic nitrogens is 1. The molecule has 7 nitrogen and oxygen atoms in total. The third-order valence-electron chi connectivity index (χ3n) is 4.45. The lowest BCUT2D eigenvalue weighted by atomic mass is 10.2. The van der Waals surface area contributed by atoms with Gasteiger partial charge in [-0.05, 0) is 36.4 Å². The molecule has 0 aliphatic carbocycles. The molecule has 1 unspecified atom stereocenters. The average Bonchev–Trinajstić information content (AvgIpc) is 3.34. The maximum Gasteiger partial charge on any atom is 0.268 e. The molecular weight excluding hydrogens is 436 g/mol. The van der Waals surface area contributed by atoms with Crippen LogP contribution in [0.1, 0.15) is 7.85 Å². The summed E-state index contributed by atoms with van der Waals surface area (Å²) < 4.78 is 60.0. The predicted octanol–water partition coefficient (Wildman–Crippen LogP) is 3.65. The number of rotatable bonds is 6. The van der Waals surface area contributed by atoms with Gasteiger partial charge in [0.15, 0.2) is 28.6 Å². The van der Waals surface area contributed by atoms with Crippen LogP contribution in [0.15, 0.2) is 58.9 Å². The normalized spacial score (nSPS) is 16.7. The van der Waals surface area contributed by atoms with E-state index in [1.165, 1.54) is 41.4 Å². The molecule has 1 saturated heterocycles. The number of carbonyl (C=O) groups excluding carboxylic acids is 1. The van der Waals surface area contributed by atoms with E-state index >= 15 is 0 Å². The smallest absolute Gasteiger partial charge is 0.268 e. The monoisotopic (exact) mass is 453 g/mol. The van der Waals surface area contributed by atoms with Crippen molar-refractivity contribution < 1.29 is 28.2 Å². The van der Waals surface area contributed by atoms with Crippen molar-refractivity contribution >= 4 is 38.1 Å². The Hall–Kier alpha value is -3.05. The largest absolute Gasteiger partial charge is 0.474 e. The first-order chi connectivity index (χ1) is 14.3. The zero-order chi connectivity index (χ0) is 21.3. The number of para-hydroxylation sites is 1. The van der Waals surface area contributed by atoms with Crippen molar-refractivity contribution in [3.05, 3.63) is 65.7 Å². The van der Waals surface area contributed by atoms with Crippen LogP contribution in [-0.2, 0) is 14.8 Å². The molecule has 1 amide bonds. The number of nitrogens with one attached hydrogen (secondary N) is 1. The Kier molecular flexibility index (Phi) is 5.39. The van der Waals surface area contributed by atoms with Crippen LogP contribution >= 0.6 is 11.3 Å². The Balaban J connectivity index is 0.00000272. The fourth-order valence-corrected chi connectivity index (χ4v) is 4.80. The molecule has 1 fully saturated rings. The lowest BCUT2D eigenvalue weighted by Crippen LogP contribution is -2.32. The van der Waals surface area contributed by atoms with Gasteiger partial charge in [-0.15, -0.1) is 11.3 Å². The summed E-state index contributed by atoms with van der Waals surface area (Å²) in [5.41, 5.74) is 0.452. The first-order valence-electron chi connectivity index (χ1n) is 8.79. The van der Waals surface area contributed by atoms with Gasteiger partial charge in [0.05, 0.1) is 4.90 Å². The molecule has 0 radical (unpaired) electrons. The van der Waals surface area contributed by atoms with Crippen LogP contribution in [0.2, 0.25) is 0 Å². The van der Waals surface area contributed by atoms with E-state index in [1.807, 2.05) is 0 Å². The molecular formula is C19H17F2N3O4S2. The van der Waals surface area contributed by atoms with Gasteiger partial charge in [-0.1, -0.05) is 6.07 Å². The molecule has 4 rings (SSSR count). The summed E-state index contributed by atoms with van der Waals surface area (Å²) in [5, 5.41) is 1.89. The quantitative estimate of drug-likeness (QED) is 0.616. The fraction of sp³-hybridized carbons (Fsp3) is 0.158. The highest BCUT2D eigenvalue weighted by molar-refractivity contribution is 7.93. The summed E-state index contributed by atoms with van der Waals surface area (Å²) in [6.45, 7) is 0.267. The zero-order valence-corrected chi connectivity index (χ0v) is 16.9. The van der Waals surface area contributed by atoms with Crippen LogP contribution in [0.4, 0.5) is 19.6 Å². The molecule has 30 heavy (non-hydrogen) atoms. The Labute approximate surface area is 176 Å². The number of halogens is 2. The summed E-state index contributed by atoms with van der Waals surface area (Å²) >= 11 is 1.15. The van der Waals surface area contributed by atoms with Gasteiger partial charge in [-0.2, -0.15) is 0 Å². The highest BCUT2D eigenvalue weighted by Gasteiger charge is 2.35. The number of carbonyl (C=O) groups is 1. The van der Waals surface area contributed by atoms with Crippen molar-refractivity contribution in [1.82, 2.24) is 4.98 Å². The standard InChI is InChI=1S/C19H15F2N3O4S2.H2/c20-14-2-1-3-15(21)17(14)28-16-8-10-24(18(16)25)12-4-6-13(7-5-12)30(26,27)23-19-22-9-11-29-19;/h1-7,9,11,16H,8,10H2,(H,22,23);1H. The van der Waals surface area contributed by atoms with Gasteiger partial charge in [-0.25, -0.2) is 22.2 Å². The molecule has 0 bridgehead atoms. The topological polar surface area (TPSA) is 88.6 Å². The van der Waals surface area contributed by atoms with Gasteiger partial charge in [0, 0.05) is 31.7 Å². The average molecular weight is 453 g/mol. The Morgan fingerprint density at radius 2 is 1.87 bits per heavy atom. The third-order valence-corrected chi connectivity index (χ3v) is 6.62. The molecule has 3 aromatic rings. The first kappa shape index (κ1) is 20.2. The minimum Gasteiger partial charge on any atom is -0.474 e. The van der Waals surface area contributed by atoms with E-state index in [9.17, 15) is 22.0 Å². The Bertz CT molecular complexity index is 1160. The number of hydrogen-bond acceptors (Lipinski definition) is 6. The second-order valence-corrected chi connectivity index (χ2v) is 8.95. The van der Waals surface area contributed by atoms with E-state index in [0.29, 0.717) is 5.69 Å². The number of amides is 1. The SMILES string of the molecule is O=C1C(Oc2c(F)cccc2F)CCN1c1ccc(S(=O)(=O)Nc2nccs2)cc1.[HH]. The maximum atomic E-state index is 13.8. The molecule has 2 aromatic carbocycles. The molecule has 0 saturated carbocycles. The number of benzene rings is 2. The minimum absolute atomic E-state index is 0. The lowest BCUT2D eigenvalue weighted by molar-refractivity contribution is -0.123. The molecule has 11 heteroatoms. The van der Waals surface area contributed by atoms with Gasteiger partial charge in [0.1, 0.15) is 0 Å². The van der Waals surface area contributed by atoms with Crippen LogP contribution in [-0.4, -0.2) is 32.0 Å². The molecule has 158 valence electrons. The molecule has 2 heterocycles. The summed E-state index contributed by atoms with van der Waals surface area (Å²) in [5.74, 6) is -2.83. The Morgan fingerprint density at radius 3 is 2.50 bits per heavy atom. The number of sulfonamides is 1. The van der Waals surface area contributed by atoms with Gasteiger partial charge < -0.3 is 9.64 Å². The second kappa shape index (κ2) is 8.00. The van der Waals surface area contributed by atoms with Gasteiger partial charge >= 0.3 is 0 Å². The zero-order valence-electron chi connectivity index (χ0n) is 15.3. The molecule has 1 N–H and O–H groups in total. The van der Waals surface area contributed by atoms with Crippen LogP contribution in [0.3, 0.4) is 0 Å². The van der Waals surface area contributed by atoms with Crippen molar-refractivity contribution in [2.75, 3.05) is 16.2 Å². The van der Waals surface area contributed by atoms with Gasteiger partial charge in [0.2, 0.25) is 0 Å². The predicted molar refractivity (Wildman–Crippen MR) is 109 cm³/mol. The van der Waals surface area contributed by atoms with E-state index in [2.05, 4.69) is 9.71 Å². The second-order valence-electron chi connectivity index (χ2n) is 6.37. The van der Waals surface area contributed by atoms with E-state index < -0.39 is 39.4 Å². The number of ether oxygens (including phenoxy) is 1. The van der Waals surface area contributed by atoms with Crippen molar-refractivity contribution in [3.8, 4) is 5.75 Å². The number of thiazole rings is 1. The molecule has 1 aromatic heterocycles. The third kappa shape index (κ3) is 3.98. The number of anilines is 2. The summed E-state index contributed by atoms with van der Waals surface area (Å²) in [6, 6.07) is 9.01. The highest BCUT2D eigenvalue weighted by Crippen LogP contribution is 2.29. The maximum absolute atomic E-state index is 13.8. The summed E-state index contributed by atoms with van der Waals surface area (Å²) in [4.78, 5) is 17.9. The van der Waals surface area contributed by atoms with E-state index in [0.717, 1.165) is 23.5 Å². The number of nitrogens with zero attached hydrogens (tertiary/aromatic N) is 2. The van der Waals surface area contributed by atoms with Crippen LogP contribution in [0.25, 0.3) is 0 Å². The Morgan fingerprint density at radius 1 is 1.17 bits per heavy atom. The highest BCUT2D eigenvalue weighted by atomic mass is 32.2. The van der Waals surface area contributed by atoms with E-state index in [4.69, 9.17) is 4.74 Å². The van der Waals surface area contributed by atoms with Gasteiger partial charge in [0.25, 0.3) is 15.9 Å². The van der Waals surface area contributed by atoms with E-state index in [1.54, 1.807) is 5.38 Å².